The lowest BCUT2D eigenvalue weighted by Crippen LogP contribution is -2.45. The number of carbonyl (C=O) groups excluding carboxylic acids is 2. The third kappa shape index (κ3) is 2.66. The van der Waals surface area contributed by atoms with Gasteiger partial charge in [-0.1, -0.05) is 0 Å². The van der Waals surface area contributed by atoms with Crippen LogP contribution in [0.1, 0.15) is 40.9 Å². The van der Waals surface area contributed by atoms with Crippen LogP contribution in [0, 0.1) is 19.3 Å². The Kier molecular flexibility index (Phi) is 3.78. The smallest absolute Gasteiger partial charge is 0.306 e. The largest absolute Gasteiger partial charge is 0.465 e. The lowest BCUT2D eigenvalue weighted by Gasteiger charge is -2.37. The molecule has 0 radical (unpaired) electrons. The number of hydrogen-bond acceptors (Lipinski definition) is 4. The number of pyridine rings is 1. The van der Waals surface area contributed by atoms with E-state index in [-0.39, 0.29) is 28.4 Å². The van der Waals surface area contributed by atoms with Crippen LogP contribution in [0.5, 0.6) is 0 Å². The van der Waals surface area contributed by atoms with Gasteiger partial charge in [-0.15, -0.1) is 0 Å². The van der Waals surface area contributed by atoms with Gasteiger partial charge in [-0.2, -0.15) is 0 Å². The standard InChI is InChI=1S/C17H22N2O4/c1-11-8-12(2)18(3)15(21)14(11)16(22)19-6-4-17(5-7-19)9-13(20)23-10-17/h8H,4-7,9-10H2,1-3H3. The van der Waals surface area contributed by atoms with Crippen molar-refractivity contribution in [2.75, 3.05) is 19.7 Å². The summed E-state index contributed by atoms with van der Waals surface area (Å²) >= 11 is 0. The van der Waals surface area contributed by atoms with E-state index in [4.69, 9.17) is 4.74 Å². The first kappa shape index (κ1) is 15.8. The van der Waals surface area contributed by atoms with Crippen molar-refractivity contribution >= 4 is 11.9 Å². The number of rotatable bonds is 1. The van der Waals surface area contributed by atoms with Crippen molar-refractivity contribution in [3.8, 4) is 0 Å². The molecule has 1 amide bonds. The van der Waals surface area contributed by atoms with Gasteiger partial charge in [0.05, 0.1) is 13.0 Å². The number of piperidine rings is 1. The number of esters is 1. The molecule has 23 heavy (non-hydrogen) atoms. The number of ether oxygens (including phenoxy) is 1. The molecule has 2 aliphatic heterocycles. The first-order chi connectivity index (χ1) is 10.8. The molecule has 0 aliphatic carbocycles. The molecule has 1 spiro atoms. The van der Waals surface area contributed by atoms with Gasteiger partial charge in [0.15, 0.2) is 0 Å². The first-order valence-electron chi connectivity index (χ1n) is 7.95. The summed E-state index contributed by atoms with van der Waals surface area (Å²) in [5.41, 5.74) is 1.46. The zero-order valence-electron chi connectivity index (χ0n) is 13.8. The lowest BCUT2D eigenvalue weighted by molar-refractivity contribution is -0.137. The molecule has 0 bridgehead atoms. The van der Waals surface area contributed by atoms with Crippen molar-refractivity contribution in [2.24, 2.45) is 12.5 Å². The predicted octanol–water partition coefficient (Wildman–Crippen LogP) is 1.17. The van der Waals surface area contributed by atoms with Crippen molar-refractivity contribution in [3.05, 3.63) is 33.2 Å². The van der Waals surface area contributed by atoms with Crippen LogP contribution in [0.2, 0.25) is 0 Å². The lowest BCUT2D eigenvalue weighted by atomic mass is 9.78. The van der Waals surface area contributed by atoms with Gasteiger partial charge < -0.3 is 14.2 Å². The molecule has 6 heteroatoms. The Bertz CT molecular complexity index is 727. The van der Waals surface area contributed by atoms with Crippen molar-refractivity contribution in [2.45, 2.75) is 33.1 Å². The van der Waals surface area contributed by atoms with E-state index in [0.717, 1.165) is 24.1 Å². The van der Waals surface area contributed by atoms with Crippen LogP contribution in [0.4, 0.5) is 0 Å². The number of aryl methyl sites for hydroxylation is 2. The molecule has 3 heterocycles. The normalized spacial score (nSPS) is 20.0. The minimum atomic E-state index is -0.243. The van der Waals surface area contributed by atoms with Crippen LogP contribution < -0.4 is 5.56 Å². The maximum atomic E-state index is 12.8. The third-order valence-corrected chi connectivity index (χ3v) is 5.25. The van der Waals surface area contributed by atoms with Gasteiger partial charge in [-0.25, -0.2) is 0 Å². The van der Waals surface area contributed by atoms with E-state index in [1.807, 2.05) is 13.0 Å². The highest BCUT2D eigenvalue weighted by atomic mass is 16.5. The van der Waals surface area contributed by atoms with Gasteiger partial charge in [-0.05, 0) is 38.3 Å². The summed E-state index contributed by atoms with van der Waals surface area (Å²) in [5, 5.41) is 0. The fourth-order valence-corrected chi connectivity index (χ4v) is 3.54. The second-order valence-electron chi connectivity index (χ2n) is 6.84. The van der Waals surface area contributed by atoms with Gasteiger partial charge in [0, 0.05) is 31.2 Å². The molecule has 2 saturated heterocycles. The average Bonchev–Trinajstić information content (AvgIpc) is 2.86. The summed E-state index contributed by atoms with van der Waals surface area (Å²) in [4.78, 5) is 38.3. The first-order valence-corrected chi connectivity index (χ1v) is 7.95. The van der Waals surface area contributed by atoms with Crippen molar-refractivity contribution < 1.29 is 14.3 Å². The molecule has 6 nitrogen and oxygen atoms in total. The second kappa shape index (κ2) is 5.51. The average molecular weight is 318 g/mol. The molecule has 2 fully saturated rings. The molecule has 3 rings (SSSR count). The van der Waals surface area contributed by atoms with Crippen LogP contribution >= 0.6 is 0 Å². The molecule has 0 saturated carbocycles. The zero-order valence-corrected chi connectivity index (χ0v) is 13.8. The number of carbonyl (C=O) groups is 2. The highest BCUT2D eigenvalue weighted by Gasteiger charge is 2.43. The van der Waals surface area contributed by atoms with E-state index in [1.54, 1.807) is 18.9 Å². The molecule has 1 aromatic rings. The third-order valence-electron chi connectivity index (χ3n) is 5.25. The number of cyclic esters (lactones) is 1. The molecule has 1 aromatic heterocycles. The highest BCUT2D eigenvalue weighted by molar-refractivity contribution is 5.95. The summed E-state index contributed by atoms with van der Waals surface area (Å²) in [7, 11) is 1.68. The Morgan fingerprint density at radius 3 is 2.43 bits per heavy atom. The quantitative estimate of drug-likeness (QED) is 0.729. The van der Waals surface area contributed by atoms with Crippen LogP contribution in [0.3, 0.4) is 0 Å². The van der Waals surface area contributed by atoms with Crippen LogP contribution in [-0.4, -0.2) is 41.0 Å². The van der Waals surface area contributed by atoms with Gasteiger partial charge >= 0.3 is 5.97 Å². The Morgan fingerprint density at radius 1 is 1.22 bits per heavy atom. The van der Waals surface area contributed by atoms with E-state index in [0.29, 0.717) is 26.1 Å². The van der Waals surface area contributed by atoms with Crippen LogP contribution in [0.25, 0.3) is 0 Å². The molecular weight excluding hydrogens is 296 g/mol. The van der Waals surface area contributed by atoms with Crippen molar-refractivity contribution in [1.82, 2.24) is 9.47 Å². The van der Waals surface area contributed by atoms with Gasteiger partial charge in [-0.3, -0.25) is 14.4 Å². The predicted molar refractivity (Wildman–Crippen MR) is 84.3 cm³/mol. The molecule has 0 unspecified atom stereocenters. The second-order valence-corrected chi connectivity index (χ2v) is 6.84. The fraction of sp³-hybridized carbons (Fsp3) is 0.588. The van der Waals surface area contributed by atoms with E-state index in [2.05, 4.69) is 0 Å². The van der Waals surface area contributed by atoms with Crippen molar-refractivity contribution in [3.63, 3.8) is 0 Å². The van der Waals surface area contributed by atoms with E-state index in [1.165, 1.54) is 4.57 Å². The van der Waals surface area contributed by atoms with Crippen LogP contribution in [-0.2, 0) is 16.6 Å². The minimum absolute atomic E-state index is 0.110. The molecule has 0 atom stereocenters. The molecule has 124 valence electrons. The summed E-state index contributed by atoms with van der Waals surface area (Å²) in [5.74, 6) is -0.351. The Labute approximate surface area is 135 Å². The van der Waals surface area contributed by atoms with Gasteiger partial charge in [0.1, 0.15) is 5.56 Å². The number of amides is 1. The molecule has 0 N–H and O–H groups in total. The van der Waals surface area contributed by atoms with E-state index >= 15 is 0 Å². The number of likely N-dealkylation sites (tertiary alicyclic amines) is 1. The molecule has 0 aromatic carbocycles. The molecule has 2 aliphatic rings. The van der Waals surface area contributed by atoms with E-state index < -0.39 is 0 Å². The summed E-state index contributed by atoms with van der Waals surface area (Å²) in [6, 6.07) is 1.86. The maximum absolute atomic E-state index is 12.8. The molecular formula is C17H22N2O4. The van der Waals surface area contributed by atoms with Gasteiger partial charge in [0.2, 0.25) is 0 Å². The summed E-state index contributed by atoms with van der Waals surface area (Å²) < 4.78 is 6.61. The van der Waals surface area contributed by atoms with Crippen molar-refractivity contribution in [1.29, 1.82) is 0 Å². The maximum Gasteiger partial charge on any atom is 0.306 e. The highest BCUT2D eigenvalue weighted by Crippen LogP contribution is 2.39. The fourth-order valence-electron chi connectivity index (χ4n) is 3.54. The minimum Gasteiger partial charge on any atom is -0.465 e. The zero-order chi connectivity index (χ0) is 16.8. The topological polar surface area (TPSA) is 68.6 Å². The Hall–Kier alpha value is -2.11. The Balaban J connectivity index is 1.80. The number of nitrogens with zero attached hydrogens (tertiary/aromatic N) is 2. The SMILES string of the molecule is Cc1cc(C)n(C)c(=O)c1C(=O)N1CCC2(CC1)COC(=O)C2. The number of hydrogen-bond donors (Lipinski definition) is 0. The number of aromatic nitrogens is 1. The Morgan fingerprint density at radius 2 is 1.87 bits per heavy atom. The summed E-state index contributed by atoms with van der Waals surface area (Å²) in [6.07, 6.45) is 1.94. The van der Waals surface area contributed by atoms with Gasteiger partial charge in [0.25, 0.3) is 11.5 Å². The van der Waals surface area contributed by atoms with E-state index in [9.17, 15) is 14.4 Å². The summed E-state index contributed by atoms with van der Waals surface area (Å²) in [6.45, 7) is 5.23. The van der Waals surface area contributed by atoms with Crippen LogP contribution in [0.15, 0.2) is 10.9 Å². The monoisotopic (exact) mass is 318 g/mol.